The van der Waals surface area contributed by atoms with Crippen LogP contribution in [0.4, 0.5) is 0 Å². The molecule has 0 bridgehead atoms. The van der Waals surface area contributed by atoms with E-state index in [1.807, 2.05) is 6.92 Å². The third-order valence-corrected chi connectivity index (χ3v) is 2.36. The summed E-state index contributed by atoms with van der Waals surface area (Å²) in [5.41, 5.74) is 0. The van der Waals surface area contributed by atoms with E-state index < -0.39 is 0 Å². The van der Waals surface area contributed by atoms with E-state index in [1.165, 1.54) is 0 Å². The van der Waals surface area contributed by atoms with E-state index in [1.54, 1.807) is 0 Å². The van der Waals surface area contributed by atoms with Crippen LogP contribution >= 0.6 is 0 Å². The summed E-state index contributed by atoms with van der Waals surface area (Å²) in [6.45, 7) is 2.58. The van der Waals surface area contributed by atoms with Crippen LogP contribution in [0.2, 0.25) is 6.32 Å². The fourth-order valence-electron chi connectivity index (χ4n) is 1.69. The van der Waals surface area contributed by atoms with Gasteiger partial charge in [-0.05, 0) is 6.32 Å². The standard InChI is InChI=1S/C7H13BO4/c1-2-8-11-6-4-10-5(3-9)7(6)12-8/h5-7,9H,2-4H2,1H3/t5-,6+,7-/m0/s1. The number of rotatable bonds is 2. The first kappa shape index (κ1) is 8.50. The van der Waals surface area contributed by atoms with Crippen molar-refractivity contribution < 1.29 is 19.2 Å². The van der Waals surface area contributed by atoms with Gasteiger partial charge in [0.2, 0.25) is 0 Å². The van der Waals surface area contributed by atoms with Gasteiger partial charge >= 0.3 is 7.12 Å². The predicted molar refractivity (Wildman–Crippen MR) is 42.8 cm³/mol. The first-order chi connectivity index (χ1) is 5.85. The summed E-state index contributed by atoms with van der Waals surface area (Å²) in [5, 5.41) is 8.91. The van der Waals surface area contributed by atoms with Crippen LogP contribution in [0.1, 0.15) is 6.92 Å². The number of hydrogen-bond acceptors (Lipinski definition) is 4. The van der Waals surface area contributed by atoms with Crippen molar-refractivity contribution in [1.82, 2.24) is 0 Å². The van der Waals surface area contributed by atoms with Gasteiger partial charge in [0.25, 0.3) is 0 Å². The highest BCUT2D eigenvalue weighted by Crippen LogP contribution is 2.28. The zero-order chi connectivity index (χ0) is 8.55. The van der Waals surface area contributed by atoms with Crippen molar-refractivity contribution in [2.75, 3.05) is 13.2 Å². The van der Waals surface area contributed by atoms with Crippen molar-refractivity contribution in [1.29, 1.82) is 0 Å². The number of aliphatic hydroxyl groups excluding tert-OH is 1. The average molecular weight is 172 g/mol. The molecule has 0 saturated carbocycles. The summed E-state index contributed by atoms with van der Waals surface area (Å²) < 4.78 is 16.3. The molecule has 0 radical (unpaired) electrons. The van der Waals surface area contributed by atoms with Gasteiger partial charge in [-0.3, -0.25) is 0 Å². The van der Waals surface area contributed by atoms with E-state index in [-0.39, 0.29) is 32.0 Å². The van der Waals surface area contributed by atoms with E-state index in [2.05, 4.69) is 0 Å². The van der Waals surface area contributed by atoms with Crippen LogP contribution in [0.5, 0.6) is 0 Å². The molecule has 2 aliphatic heterocycles. The molecule has 0 aromatic rings. The van der Waals surface area contributed by atoms with Gasteiger partial charge in [-0.2, -0.15) is 0 Å². The molecule has 2 heterocycles. The molecular formula is C7H13BO4. The Bertz CT molecular complexity index is 165. The van der Waals surface area contributed by atoms with E-state index in [4.69, 9.17) is 19.2 Å². The number of hydrogen-bond donors (Lipinski definition) is 1. The maximum atomic E-state index is 8.91. The third-order valence-electron chi connectivity index (χ3n) is 2.36. The van der Waals surface area contributed by atoms with Crippen LogP contribution in [0.3, 0.4) is 0 Å². The van der Waals surface area contributed by atoms with Crippen molar-refractivity contribution in [2.45, 2.75) is 31.6 Å². The van der Waals surface area contributed by atoms with Gasteiger partial charge in [-0.25, -0.2) is 0 Å². The molecule has 4 nitrogen and oxygen atoms in total. The Morgan fingerprint density at radius 1 is 1.50 bits per heavy atom. The highest BCUT2D eigenvalue weighted by Gasteiger charge is 2.47. The lowest BCUT2D eigenvalue weighted by Crippen LogP contribution is -2.30. The van der Waals surface area contributed by atoms with Crippen molar-refractivity contribution in [3.8, 4) is 0 Å². The minimum absolute atomic E-state index is 0.0148. The molecule has 5 heteroatoms. The number of aliphatic hydroxyl groups is 1. The molecule has 3 atom stereocenters. The van der Waals surface area contributed by atoms with Crippen LogP contribution in [0.25, 0.3) is 0 Å². The van der Waals surface area contributed by atoms with Crippen LogP contribution in [-0.4, -0.2) is 43.8 Å². The zero-order valence-corrected chi connectivity index (χ0v) is 7.10. The molecule has 0 aromatic carbocycles. The average Bonchev–Trinajstić information content (AvgIpc) is 2.61. The monoisotopic (exact) mass is 172 g/mol. The van der Waals surface area contributed by atoms with Gasteiger partial charge in [0, 0.05) is 0 Å². The van der Waals surface area contributed by atoms with Gasteiger partial charge in [0.1, 0.15) is 6.10 Å². The molecule has 0 unspecified atom stereocenters. The maximum Gasteiger partial charge on any atom is 0.457 e. The molecule has 0 spiro atoms. The number of ether oxygens (including phenoxy) is 1. The Morgan fingerprint density at radius 2 is 2.33 bits per heavy atom. The molecule has 2 rings (SSSR count). The summed E-state index contributed by atoms with van der Waals surface area (Å²) in [6.07, 6.45) is 0.643. The Hall–Kier alpha value is -0.0951. The second-order valence-electron chi connectivity index (χ2n) is 3.17. The molecule has 2 fully saturated rings. The van der Waals surface area contributed by atoms with Crippen LogP contribution < -0.4 is 0 Å². The van der Waals surface area contributed by atoms with E-state index in [9.17, 15) is 0 Å². The first-order valence-corrected chi connectivity index (χ1v) is 4.38. The van der Waals surface area contributed by atoms with E-state index >= 15 is 0 Å². The molecular weight excluding hydrogens is 159 g/mol. The molecule has 0 aliphatic carbocycles. The highest BCUT2D eigenvalue weighted by atomic mass is 16.7. The minimum Gasteiger partial charge on any atom is -0.403 e. The maximum absolute atomic E-state index is 8.91. The molecule has 0 aromatic heterocycles. The Kier molecular flexibility index (Phi) is 2.36. The van der Waals surface area contributed by atoms with Crippen LogP contribution in [-0.2, 0) is 14.0 Å². The Balaban J connectivity index is 1.96. The van der Waals surface area contributed by atoms with Crippen molar-refractivity contribution in [3.05, 3.63) is 0 Å². The van der Waals surface area contributed by atoms with Gasteiger partial charge in [-0.15, -0.1) is 0 Å². The van der Waals surface area contributed by atoms with Gasteiger partial charge in [0.05, 0.1) is 25.4 Å². The van der Waals surface area contributed by atoms with Gasteiger partial charge < -0.3 is 19.2 Å². The summed E-state index contributed by atoms with van der Waals surface area (Å²) in [7, 11) is -0.0991. The van der Waals surface area contributed by atoms with E-state index in [0.717, 1.165) is 6.32 Å². The summed E-state index contributed by atoms with van der Waals surface area (Å²) in [5.74, 6) is 0. The summed E-state index contributed by atoms with van der Waals surface area (Å²) in [4.78, 5) is 0. The lowest BCUT2D eigenvalue weighted by molar-refractivity contribution is 0.0112. The lowest BCUT2D eigenvalue weighted by Gasteiger charge is -2.13. The normalized spacial score (nSPS) is 40.5. The van der Waals surface area contributed by atoms with Gasteiger partial charge in [0.15, 0.2) is 0 Å². The topological polar surface area (TPSA) is 47.9 Å². The highest BCUT2D eigenvalue weighted by molar-refractivity contribution is 6.45. The van der Waals surface area contributed by atoms with E-state index in [0.29, 0.717) is 6.61 Å². The van der Waals surface area contributed by atoms with Gasteiger partial charge in [-0.1, -0.05) is 6.92 Å². The fraction of sp³-hybridized carbons (Fsp3) is 1.00. The zero-order valence-electron chi connectivity index (χ0n) is 7.10. The smallest absolute Gasteiger partial charge is 0.403 e. The second-order valence-corrected chi connectivity index (χ2v) is 3.17. The summed E-state index contributed by atoms with van der Waals surface area (Å²) >= 11 is 0. The first-order valence-electron chi connectivity index (χ1n) is 4.38. The summed E-state index contributed by atoms with van der Waals surface area (Å²) in [6, 6.07) is 0. The van der Waals surface area contributed by atoms with Crippen molar-refractivity contribution in [2.24, 2.45) is 0 Å². The quantitative estimate of drug-likeness (QED) is 0.579. The SMILES string of the molecule is CCB1O[C@H]2[C@H](CO)OC[C@H]2O1. The fourth-order valence-corrected chi connectivity index (χ4v) is 1.69. The second kappa shape index (κ2) is 3.34. The third kappa shape index (κ3) is 1.27. The molecule has 2 saturated heterocycles. The van der Waals surface area contributed by atoms with Crippen molar-refractivity contribution in [3.63, 3.8) is 0 Å². The molecule has 68 valence electrons. The number of fused-ring (bicyclic) bond motifs is 1. The Morgan fingerprint density at radius 3 is 3.00 bits per heavy atom. The molecule has 2 aliphatic rings. The molecule has 1 N–H and O–H groups in total. The lowest BCUT2D eigenvalue weighted by atomic mass is 9.87. The Labute approximate surface area is 71.9 Å². The largest absolute Gasteiger partial charge is 0.457 e. The minimum atomic E-state index is -0.188. The molecule has 12 heavy (non-hydrogen) atoms. The van der Waals surface area contributed by atoms with Crippen LogP contribution in [0, 0.1) is 0 Å². The predicted octanol–water partition coefficient (Wildman–Crippen LogP) is -0.330. The van der Waals surface area contributed by atoms with Crippen LogP contribution in [0.15, 0.2) is 0 Å². The molecule has 0 amide bonds. The van der Waals surface area contributed by atoms with Crippen molar-refractivity contribution >= 4 is 7.12 Å².